The molecule has 0 radical (unpaired) electrons. The molecule has 0 bridgehead atoms. The number of rotatable bonds is 4. The molecule has 2 saturated heterocycles. The van der Waals surface area contributed by atoms with E-state index in [2.05, 4.69) is 5.32 Å². The van der Waals surface area contributed by atoms with Crippen molar-refractivity contribution in [3.8, 4) is 0 Å². The van der Waals surface area contributed by atoms with Gasteiger partial charge < -0.3 is 4.74 Å². The van der Waals surface area contributed by atoms with Crippen LogP contribution < -0.4 is 10.2 Å². The van der Waals surface area contributed by atoms with E-state index in [1.165, 1.54) is 12.1 Å². The zero-order valence-corrected chi connectivity index (χ0v) is 16.1. The molecule has 0 aromatic heterocycles. The second-order valence-corrected chi connectivity index (χ2v) is 7.45. The highest BCUT2D eigenvalue weighted by Crippen LogP contribution is 2.49. The number of carbonyl (C=O) groups excluding carboxylic acids is 3. The molecule has 2 aromatic rings. The van der Waals surface area contributed by atoms with E-state index in [0.29, 0.717) is 11.3 Å². The predicted octanol–water partition coefficient (Wildman–Crippen LogP) is 2.60. The van der Waals surface area contributed by atoms with Crippen LogP contribution in [-0.2, 0) is 19.1 Å². The highest BCUT2D eigenvalue weighted by Gasteiger charge is 2.67. The van der Waals surface area contributed by atoms with E-state index >= 15 is 0 Å². The molecule has 4 rings (SSSR count). The molecule has 0 unspecified atom stereocenters. The van der Waals surface area contributed by atoms with Crippen molar-refractivity contribution in [2.24, 2.45) is 11.8 Å². The maximum atomic E-state index is 13.4. The summed E-state index contributed by atoms with van der Waals surface area (Å²) in [5.41, 5.74) is -0.290. The Morgan fingerprint density at radius 2 is 1.76 bits per heavy atom. The van der Waals surface area contributed by atoms with E-state index in [1.54, 1.807) is 56.3 Å². The van der Waals surface area contributed by atoms with Gasteiger partial charge in [-0.15, -0.1) is 0 Å². The number of imide groups is 1. The lowest BCUT2D eigenvalue weighted by atomic mass is 9.80. The lowest BCUT2D eigenvalue weighted by Gasteiger charge is -2.29. The van der Waals surface area contributed by atoms with Gasteiger partial charge in [-0.3, -0.25) is 19.7 Å². The molecule has 2 amide bonds. The molecule has 1 N–H and O–H groups in total. The molecule has 6 nitrogen and oxygen atoms in total. The first-order valence-corrected chi connectivity index (χ1v) is 9.51. The third-order valence-electron chi connectivity index (χ3n) is 5.73. The van der Waals surface area contributed by atoms with Gasteiger partial charge in [-0.05, 0) is 43.7 Å². The van der Waals surface area contributed by atoms with Crippen LogP contribution in [0.3, 0.4) is 0 Å². The van der Waals surface area contributed by atoms with Gasteiger partial charge in [0.1, 0.15) is 11.4 Å². The van der Waals surface area contributed by atoms with E-state index in [0.717, 1.165) is 4.90 Å². The van der Waals surface area contributed by atoms with Crippen LogP contribution in [-0.4, -0.2) is 29.9 Å². The van der Waals surface area contributed by atoms with Crippen molar-refractivity contribution in [1.29, 1.82) is 0 Å². The second kappa shape index (κ2) is 7.08. The van der Waals surface area contributed by atoms with Gasteiger partial charge >= 0.3 is 5.97 Å². The smallest absolute Gasteiger partial charge is 0.326 e. The molecule has 2 heterocycles. The Bertz CT molecular complexity index is 963. The Labute approximate surface area is 167 Å². The van der Waals surface area contributed by atoms with Crippen LogP contribution in [0.4, 0.5) is 10.1 Å². The number of para-hydroxylation sites is 1. The summed E-state index contributed by atoms with van der Waals surface area (Å²) < 4.78 is 18.6. The highest BCUT2D eigenvalue weighted by molar-refractivity contribution is 6.24. The van der Waals surface area contributed by atoms with Crippen molar-refractivity contribution in [3.63, 3.8) is 0 Å². The monoisotopic (exact) mass is 396 g/mol. The van der Waals surface area contributed by atoms with Gasteiger partial charge in [0.05, 0.1) is 24.1 Å². The zero-order chi connectivity index (χ0) is 20.8. The maximum Gasteiger partial charge on any atom is 0.326 e. The van der Waals surface area contributed by atoms with Crippen LogP contribution in [0.15, 0.2) is 54.6 Å². The minimum Gasteiger partial charge on any atom is -0.465 e. The van der Waals surface area contributed by atoms with Gasteiger partial charge in [0.25, 0.3) is 0 Å². The first-order chi connectivity index (χ1) is 13.9. The zero-order valence-electron chi connectivity index (χ0n) is 16.1. The number of nitrogens with zero attached hydrogens (tertiary/aromatic N) is 1. The predicted molar refractivity (Wildman–Crippen MR) is 103 cm³/mol. The van der Waals surface area contributed by atoms with Crippen molar-refractivity contribution in [2.45, 2.75) is 25.4 Å². The summed E-state index contributed by atoms with van der Waals surface area (Å²) >= 11 is 0. The van der Waals surface area contributed by atoms with Crippen molar-refractivity contribution in [2.75, 3.05) is 11.5 Å². The van der Waals surface area contributed by atoms with E-state index in [-0.39, 0.29) is 12.5 Å². The molecule has 7 heteroatoms. The Balaban J connectivity index is 1.81. The van der Waals surface area contributed by atoms with Crippen molar-refractivity contribution in [3.05, 3.63) is 66.0 Å². The van der Waals surface area contributed by atoms with Crippen LogP contribution in [0, 0.1) is 17.7 Å². The Morgan fingerprint density at radius 3 is 2.38 bits per heavy atom. The Kier molecular flexibility index (Phi) is 4.70. The molecule has 0 spiro atoms. The number of hydrogen-bond acceptors (Lipinski definition) is 5. The lowest BCUT2D eigenvalue weighted by molar-refractivity contribution is -0.153. The Hall–Kier alpha value is -3.06. The quantitative estimate of drug-likeness (QED) is 0.635. The van der Waals surface area contributed by atoms with Gasteiger partial charge in [0.15, 0.2) is 0 Å². The number of ether oxygens (including phenoxy) is 1. The van der Waals surface area contributed by atoms with Gasteiger partial charge in [-0.1, -0.05) is 30.3 Å². The van der Waals surface area contributed by atoms with Crippen molar-refractivity contribution < 1.29 is 23.5 Å². The summed E-state index contributed by atoms with van der Waals surface area (Å²) in [7, 11) is 0. The average molecular weight is 396 g/mol. The van der Waals surface area contributed by atoms with Crippen LogP contribution in [0.2, 0.25) is 0 Å². The fraction of sp³-hybridized carbons (Fsp3) is 0.318. The fourth-order valence-corrected chi connectivity index (χ4v) is 4.40. The molecule has 150 valence electrons. The molecule has 2 aliphatic heterocycles. The summed E-state index contributed by atoms with van der Waals surface area (Å²) in [5, 5.41) is 3.16. The molecule has 2 fully saturated rings. The van der Waals surface area contributed by atoms with Crippen molar-refractivity contribution in [1.82, 2.24) is 5.32 Å². The van der Waals surface area contributed by atoms with E-state index in [4.69, 9.17) is 4.74 Å². The summed E-state index contributed by atoms with van der Waals surface area (Å²) in [5.74, 6) is -3.56. The molecule has 2 aromatic carbocycles. The highest BCUT2D eigenvalue weighted by atomic mass is 19.1. The molecule has 0 saturated carbocycles. The summed E-state index contributed by atoms with van der Waals surface area (Å²) in [4.78, 5) is 40.7. The molecular weight excluding hydrogens is 375 g/mol. The van der Waals surface area contributed by atoms with E-state index < -0.39 is 41.1 Å². The van der Waals surface area contributed by atoms with Gasteiger partial charge in [-0.25, -0.2) is 9.29 Å². The van der Waals surface area contributed by atoms with Crippen LogP contribution >= 0.6 is 0 Å². The standard InChI is InChI=1S/C22H21FN2O4/c1-3-29-21(28)22(2)17-16(18(24-22)13-9-11-14(23)12-10-13)19(26)25(20(17)27)15-7-5-4-6-8-15/h4-12,16-18,24H,3H2,1-2H3/t16-,17-,18-,22-/m1/s1. The number of anilines is 1. The summed E-state index contributed by atoms with van der Waals surface area (Å²) in [6.07, 6.45) is 0. The van der Waals surface area contributed by atoms with Gasteiger partial charge in [-0.2, -0.15) is 0 Å². The minimum atomic E-state index is -1.38. The lowest BCUT2D eigenvalue weighted by Crippen LogP contribution is -2.54. The molecule has 0 aliphatic carbocycles. The summed E-state index contributed by atoms with van der Waals surface area (Å²) in [6, 6.07) is 13.7. The van der Waals surface area contributed by atoms with E-state index in [9.17, 15) is 18.8 Å². The van der Waals surface area contributed by atoms with Crippen LogP contribution in [0.5, 0.6) is 0 Å². The van der Waals surface area contributed by atoms with Gasteiger partial charge in [0, 0.05) is 6.04 Å². The van der Waals surface area contributed by atoms with Crippen LogP contribution in [0.1, 0.15) is 25.5 Å². The van der Waals surface area contributed by atoms with Gasteiger partial charge in [0.2, 0.25) is 11.8 Å². The molecule has 29 heavy (non-hydrogen) atoms. The first kappa shape index (κ1) is 19.3. The summed E-state index contributed by atoms with van der Waals surface area (Å²) in [6.45, 7) is 3.42. The second-order valence-electron chi connectivity index (χ2n) is 7.45. The SMILES string of the molecule is CCOC(=O)[C@]1(C)N[C@H](c2ccc(F)cc2)[C@@H]2C(=O)N(c3ccccc3)C(=O)[C@@H]21. The Morgan fingerprint density at radius 1 is 1.10 bits per heavy atom. The minimum absolute atomic E-state index is 0.152. The number of nitrogens with one attached hydrogen (secondary N) is 1. The largest absolute Gasteiger partial charge is 0.465 e. The number of halogens is 1. The molecule has 2 aliphatic rings. The third-order valence-corrected chi connectivity index (χ3v) is 5.73. The normalized spacial score (nSPS) is 28.5. The average Bonchev–Trinajstić information content (AvgIpc) is 3.17. The fourth-order valence-electron chi connectivity index (χ4n) is 4.40. The topological polar surface area (TPSA) is 75.7 Å². The number of benzene rings is 2. The third kappa shape index (κ3) is 2.93. The number of carbonyl (C=O) groups is 3. The molecule has 4 atom stereocenters. The number of fused-ring (bicyclic) bond motifs is 1. The van der Waals surface area contributed by atoms with Crippen LogP contribution in [0.25, 0.3) is 0 Å². The van der Waals surface area contributed by atoms with Crippen molar-refractivity contribution >= 4 is 23.5 Å². The maximum absolute atomic E-state index is 13.4. The number of esters is 1. The molecular formula is C22H21FN2O4. The number of hydrogen-bond donors (Lipinski definition) is 1. The first-order valence-electron chi connectivity index (χ1n) is 9.51. The number of amides is 2. The van der Waals surface area contributed by atoms with E-state index in [1.807, 2.05) is 0 Å².